The van der Waals surface area contributed by atoms with E-state index < -0.39 is 6.09 Å². The highest BCUT2D eigenvalue weighted by atomic mass is 16.4. The van der Waals surface area contributed by atoms with Crippen LogP contribution in [0, 0.1) is 5.92 Å². The first-order valence-electron chi connectivity index (χ1n) is 6.89. The molecule has 0 aromatic rings. The molecule has 1 rings (SSSR count). The van der Waals surface area contributed by atoms with E-state index >= 15 is 0 Å². The van der Waals surface area contributed by atoms with E-state index in [2.05, 4.69) is 19.0 Å². The molecule has 0 saturated heterocycles. The third-order valence-corrected chi connectivity index (χ3v) is 4.03. The molecule has 4 nitrogen and oxygen atoms in total. The predicted octanol–water partition coefficient (Wildman–Crippen LogP) is 2.89. The number of rotatable bonds is 3. The molecule has 0 aromatic carbocycles. The van der Waals surface area contributed by atoms with Crippen LogP contribution in [0.3, 0.4) is 0 Å². The minimum absolute atomic E-state index is 0.301. The van der Waals surface area contributed by atoms with Gasteiger partial charge in [-0.15, -0.1) is 0 Å². The lowest BCUT2D eigenvalue weighted by atomic mass is 9.84. The van der Waals surface area contributed by atoms with E-state index in [0.29, 0.717) is 18.5 Å². The van der Waals surface area contributed by atoms with E-state index in [1.54, 1.807) is 4.90 Å². The number of hydrogen-bond donors (Lipinski definition) is 1. The summed E-state index contributed by atoms with van der Waals surface area (Å²) in [6.07, 6.45) is 3.87. The minimum atomic E-state index is -0.794. The lowest BCUT2D eigenvalue weighted by Gasteiger charge is -2.39. The molecule has 0 radical (unpaired) electrons. The normalized spacial score (nSPS) is 25.2. The summed E-state index contributed by atoms with van der Waals surface area (Å²) in [5.74, 6) is 0.525. The Morgan fingerprint density at radius 3 is 2.00 bits per heavy atom. The Hall–Kier alpha value is -0.770. The van der Waals surface area contributed by atoms with Crippen molar-refractivity contribution < 1.29 is 9.90 Å². The molecular weight excluding hydrogens is 228 g/mol. The molecule has 1 amide bonds. The van der Waals surface area contributed by atoms with Crippen molar-refractivity contribution in [2.45, 2.75) is 58.0 Å². The number of nitrogens with zero attached hydrogens (tertiary/aromatic N) is 2. The van der Waals surface area contributed by atoms with Crippen LogP contribution in [-0.4, -0.2) is 53.2 Å². The van der Waals surface area contributed by atoms with Crippen molar-refractivity contribution in [2.75, 3.05) is 20.6 Å². The van der Waals surface area contributed by atoms with Crippen LogP contribution in [0.1, 0.15) is 46.5 Å². The fraction of sp³-hybridized carbons (Fsp3) is 0.929. The van der Waals surface area contributed by atoms with Crippen LogP contribution in [0.15, 0.2) is 0 Å². The van der Waals surface area contributed by atoms with Crippen LogP contribution in [0.5, 0.6) is 0 Å². The van der Waals surface area contributed by atoms with E-state index in [4.69, 9.17) is 0 Å². The van der Waals surface area contributed by atoms with Crippen LogP contribution in [0.4, 0.5) is 4.79 Å². The molecule has 0 spiro atoms. The maximum Gasteiger partial charge on any atom is 0.407 e. The zero-order valence-electron chi connectivity index (χ0n) is 12.4. The van der Waals surface area contributed by atoms with Gasteiger partial charge in [-0.05, 0) is 66.5 Å². The molecule has 18 heavy (non-hydrogen) atoms. The molecule has 0 unspecified atom stereocenters. The van der Waals surface area contributed by atoms with E-state index in [0.717, 1.165) is 12.8 Å². The van der Waals surface area contributed by atoms with Gasteiger partial charge in [-0.25, -0.2) is 4.79 Å². The second-order valence-corrected chi connectivity index (χ2v) is 6.70. The Morgan fingerprint density at radius 2 is 1.67 bits per heavy atom. The Labute approximate surface area is 111 Å². The summed E-state index contributed by atoms with van der Waals surface area (Å²) in [6, 6.07) is 0.675. The van der Waals surface area contributed by atoms with Crippen LogP contribution < -0.4 is 0 Å². The lowest BCUT2D eigenvalue weighted by molar-refractivity contribution is 0.0769. The van der Waals surface area contributed by atoms with E-state index in [1.807, 2.05) is 20.8 Å². The number of carbonyl (C=O) groups is 1. The SMILES string of the molecule is CN(C)C1CCC(CN(C(=O)O)C(C)(C)C)CC1. The van der Waals surface area contributed by atoms with Crippen molar-refractivity contribution in [3.05, 3.63) is 0 Å². The summed E-state index contributed by atoms with van der Waals surface area (Å²) >= 11 is 0. The molecule has 1 saturated carbocycles. The van der Waals surface area contributed by atoms with Crippen LogP contribution in [0.2, 0.25) is 0 Å². The molecule has 1 aliphatic rings. The molecule has 0 atom stereocenters. The monoisotopic (exact) mass is 256 g/mol. The summed E-state index contributed by atoms with van der Waals surface area (Å²) in [5, 5.41) is 9.30. The Balaban J connectivity index is 2.51. The van der Waals surface area contributed by atoms with Crippen LogP contribution >= 0.6 is 0 Å². The van der Waals surface area contributed by atoms with Crippen molar-refractivity contribution in [1.29, 1.82) is 0 Å². The second-order valence-electron chi connectivity index (χ2n) is 6.70. The highest BCUT2D eigenvalue weighted by molar-refractivity contribution is 5.66. The summed E-state index contributed by atoms with van der Waals surface area (Å²) in [4.78, 5) is 15.2. The van der Waals surface area contributed by atoms with Crippen LogP contribution in [0.25, 0.3) is 0 Å². The number of amides is 1. The molecular formula is C14H28N2O2. The topological polar surface area (TPSA) is 43.8 Å². The van der Waals surface area contributed by atoms with E-state index in [9.17, 15) is 9.90 Å². The molecule has 0 aliphatic heterocycles. The highest BCUT2D eigenvalue weighted by Gasteiger charge is 2.30. The zero-order chi connectivity index (χ0) is 13.9. The standard InChI is InChI=1S/C14H28N2O2/c1-14(2,3)16(13(17)18)10-11-6-8-12(9-7-11)15(4)5/h11-12H,6-10H2,1-5H3,(H,17,18). The van der Waals surface area contributed by atoms with Gasteiger partial charge in [0.05, 0.1) is 0 Å². The maximum absolute atomic E-state index is 11.3. The highest BCUT2D eigenvalue weighted by Crippen LogP contribution is 2.29. The second kappa shape index (κ2) is 5.91. The molecule has 0 bridgehead atoms. The quantitative estimate of drug-likeness (QED) is 0.844. The average Bonchev–Trinajstić information content (AvgIpc) is 2.24. The van der Waals surface area contributed by atoms with Gasteiger partial charge in [0, 0.05) is 18.1 Å². The Bertz CT molecular complexity index is 276. The summed E-state index contributed by atoms with van der Waals surface area (Å²) in [5.41, 5.74) is -0.301. The van der Waals surface area contributed by atoms with Gasteiger partial charge in [0.15, 0.2) is 0 Å². The lowest BCUT2D eigenvalue weighted by Crippen LogP contribution is -2.48. The maximum atomic E-state index is 11.3. The molecule has 106 valence electrons. The molecule has 4 heteroatoms. The van der Waals surface area contributed by atoms with Crippen LogP contribution in [-0.2, 0) is 0 Å². The molecule has 1 N–H and O–H groups in total. The van der Waals surface area contributed by atoms with Crippen molar-refractivity contribution in [2.24, 2.45) is 5.92 Å². The first-order valence-corrected chi connectivity index (χ1v) is 6.89. The van der Waals surface area contributed by atoms with Gasteiger partial charge in [-0.2, -0.15) is 0 Å². The smallest absolute Gasteiger partial charge is 0.407 e. The first kappa shape index (κ1) is 15.3. The van der Waals surface area contributed by atoms with E-state index in [-0.39, 0.29) is 5.54 Å². The third-order valence-electron chi connectivity index (χ3n) is 4.03. The summed E-state index contributed by atoms with van der Waals surface area (Å²) < 4.78 is 0. The van der Waals surface area contributed by atoms with E-state index in [1.165, 1.54) is 12.8 Å². The van der Waals surface area contributed by atoms with Gasteiger partial charge in [0.25, 0.3) is 0 Å². The number of carboxylic acid groups (broad SMARTS) is 1. The molecule has 0 aromatic heterocycles. The Morgan fingerprint density at radius 1 is 1.17 bits per heavy atom. The van der Waals surface area contributed by atoms with Gasteiger partial charge in [0.1, 0.15) is 0 Å². The number of hydrogen-bond acceptors (Lipinski definition) is 2. The predicted molar refractivity (Wildman–Crippen MR) is 73.9 cm³/mol. The van der Waals surface area contributed by atoms with Gasteiger partial charge >= 0.3 is 6.09 Å². The average molecular weight is 256 g/mol. The molecule has 1 aliphatic carbocycles. The van der Waals surface area contributed by atoms with Gasteiger partial charge in [0.2, 0.25) is 0 Å². The van der Waals surface area contributed by atoms with Gasteiger partial charge in [-0.1, -0.05) is 0 Å². The fourth-order valence-corrected chi connectivity index (χ4v) is 2.74. The van der Waals surface area contributed by atoms with Crippen molar-refractivity contribution in [3.63, 3.8) is 0 Å². The van der Waals surface area contributed by atoms with Gasteiger partial charge in [-0.3, -0.25) is 0 Å². The molecule has 0 heterocycles. The van der Waals surface area contributed by atoms with Crippen molar-refractivity contribution in [3.8, 4) is 0 Å². The third kappa shape index (κ3) is 4.16. The largest absolute Gasteiger partial charge is 0.465 e. The zero-order valence-corrected chi connectivity index (χ0v) is 12.4. The van der Waals surface area contributed by atoms with Gasteiger partial charge < -0.3 is 14.9 Å². The Kier molecular flexibility index (Phi) is 5.02. The first-order chi connectivity index (χ1) is 8.21. The van der Waals surface area contributed by atoms with Crippen molar-refractivity contribution >= 4 is 6.09 Å². The summed E-state index contributed by atoms with van der Waals surface area (Å²) in [7, 11) is 4.26. The van der Waals surface area contributed by atoms with Crippen molar-refractivity contribution in [1.82, 2.24) is 9.80 Å². The summed E-state index contributed by atoms with van der Waals surface area (Å²) in [6.45, 7) is 6.57. The minimum Gasteiger partial charge on any atom is -0.465 e. The molecule has 1 fully saturated rings. The fourth-order valence-electron chi connectivity index (χ4n) is 2.74.